The lowest BCUT2D eigenvalue weighted by Crippen LogP contribution is -2.13. The second-order valence-corrected chi connectivity index (χ2v) is 7.40. The minimum absolute atomic E-state index is 0.116. The van der Waals surface area contributed by atoms with Gasteiger partial charge in [0, 0.05) is 13.6 Å². The van der Waals surface area contributed by atoms with Gasteiger partial charge in [-0.2, -0.15) is 0 Å². The van der Waals surface area contributed by atoms with Gasteiger partial charge >= 0.3 is 0 Å². The normalized spacial score (nSPS) is 11.3. The van der Waals surface area contributed by atoms with E-state index >= 15 is 0 Å². The summed E-state index contributed by atoms with van der Waals surface area (Å²) in [7, 11) is -3.65. The third-order valence-corrected chi connectivity index (χ3v) is 5.01. The van der Waals surface area contributed by atoms with Crippen molar-refractivity contribution in [1.29, 1.82) is 0 Å². The second kappa shape index (κ2) is 5.87. The van der Waals surface area contributed by atoms with Crippen molar-refractivity contribution in [3.8, 4) is 0 Å². The molecule has 0 aliphatic carbocycles. The van der Waals surface area contributed by atoms with Crippen molar-refractivity contribution in [3.05, 3.63) is 56.1 Å². The Bertz CT molecular complexity index is 719. The molecule has 0 aliphatic rings. The van der Waals surface area contributed by atoms with Crippen molar-refractivity contribution in [2.24, 2.45) is 0 Å². The maximum Gasteiger partial charge on any atom is 0.261 e. The Balaban J connectivity index is 2.36. The Kier molecular flexibility index (Phi) is 4.60. The van der Waals surface area contributed by atoms with E-state index in [1.807, 2.05) is 22.6 Å². The molecule has 0 aromatic heterocycles. The van der Waals surface area contributed by atoms with Crippen LogP contribution in [0.2, 0.25) is 10.0 Å². The molecule has 0 aliphatic heterocycles. The van der Waals surface area contributed by atoms with E-state index in [1.54, 1.807) is 30.3 Å². The number of hydrogen-bond acceptors (Lipinski definition) is 2. The predicted molar refractivity (Wildman–Crippen MR) is 86.4 cm³/mol. The van der Waals surface area contributed by atoms with Gasteiger partial charge in [-0.3, -0.25) is 4.72 Å². The van der Waals surface area contributed by atoms with E-state index in [0.717, 1.165) is 3.57 Å². The van der Waals surface area contributed by atoms with Gasteiger partial charge in [-0.1, -0.05) is 29.3 Å². The van der Waals surface area contributed by atoms with Crippen LogP contribution >= 0.6 is 45.8 Å². The van der Waals surface area contributed by atoms with E-state index in [9.17, 15) is 8.42 Å². The molecule has 19 heavy (non-hydrogen) atoms. The summed E-state index contributed by atoms with van der Waals surface area (Å²) in [6.07, 6.45) is 0. The molecule has 0 saturated carbocycles. The molecule has 0 saturated heterocycles. The van der Waals surface area contributed by atoms with Gasteiger partial charge in [0.25, 0.3) is 10.0 Å². The van der Waals surface area contributed by atoms with Gasteiger partial charge in [0.05, 0.1) is 10.6 Å². The molecule has 2 rings (SSSR count). The number of sulfonamides is 1. The van der Waals surface area contributed by atoms with Crippen LogP contribution < -0.4 is 4.72 Å². The lowest BCUT2D eigenvalue weighted by Gasteiger charge is -2.10. The smallest absolute Gasteiger partial charge is 0.261 e. The Morgan fingerprint density at radius 3 is 2.32 bits per heavy atom. The van der Waals surface area contributed by atoms with Gasteiger partial charge in [-0.15, -0.1) is 0 Å². The number of rotatable bonds is 3. The van der Waals surface area contributed by atoms with Gasteiger partial charge < -0.3 is 0 Å². The van der Waals surface area contributed by atoms with E-state index in [0.29, 0.717) is 15.7 Å². The summed E-state index contributed by atoms with van der Waals surface area (Å²) in [5.74, 6) is 0. The van der Waals surface area contributed by atoms with E-state index in [-0.39, 0.29) is 4.90 Å². The summed E-state index contributed by atoms with van der Waals surface area (Å²) >= 11 is 13.6. The highest BCUT2D eigenvalue weighted by Crippen LogP contribution is 2.25. The van der Waals surface area contributed by atoms with Crippen molar-refractivity contribution < 1.29 is 8.42 Å². The molecule has 7 heteroatoms. The highest BCUT2D eigenvalue weighted by molar-refractivity contribution is 14.1. The van der Waals surface area contributed by atoms with Crippen LogP contribution in [0, 0.1) is 3.57 Å². The molecule has 0 heterocycles. The van der Waals surface area contributed by atoms with Crippen molar-refractivity contribution in [1.82, 2.24) is 0 Å². The molecular formula is C12H8Cl2INO2S. The number of hydrogen-bond donors (Lipinski definition) is 1. The highest BCUT2D eigenvalue weighted by Gasteiger charge is 2.15. The van der Waals surface area contributed by atoms with Crippen LogP contribution in [-0.2, 0) is 10.0 Å². The molecular weight excluding hydrogens is 420 g/mol. The van der Waals surface area contributed by atoms with E-state index in [2.05, 4.69) is 4.72 Å². The van der Waals surface area contributed by atoms with Gasteiger partial charge in [-0.05, 0) is 59.0 Å². The zero-order chi connectivity index (χ0) is 14.0. The van der Waals surface area contributed by atoms with E-state index < -0.39 is 10.0 Å². The Morgan fingerprint density at radius 1 is 1.00 bits per heavy atom. The molecule has 1 N–H and O–H groups in total. The lowest BCUT2D eigenvalue weighted by atomic mass is 10.3. The summed E-state index contributed by atoms with van der Waals surface area (Å²) in [6.45, 7) is 0. The monoisotopic (exact) mass is 427 g/mol. The van der Waals surface area contributed by atoms with Crippen LogP contribution in [0.4, 0.5) is 5.69 Å². The zero-order valence-corrected chi connectivity index (χ0v) is 13.9. The molecule has 2 aromatic rings. The average molecular weight is 428 g/mol. The fourth-order valence-electron chi connectivity index (χ4n) is 1.41. The summed E-state index contributed by atoms with van der Waals surface area (Å²) in [5, 5.41) is 0.920. The molecule has 0 atom stereocenters. The first-order valence-corrected chi connectivity index (χ1v) is 8.44. The first-order chi connectivity index (χ1) is 8.88. The Hall–Kier alpha value is -0.500. The number of nitrogens with one attached hydrogen (secondary N) is 1. The summed E-state index contributed by atoms with van der Waals surface area (Å²) in [5.41, 5.74) is 0.477. The molecule has 0 bridgehead atoms. The minimum atomic E-state index is -3.65. The SMILES string of the molecule is O=S(=O)(Nc1ccc(Cl)cc1I)c1cccc(Cl)c1. The molecule has 0 fully saturated rings. The van der Waals surface area contributed by atoms with Gasteiger partial charge in [-0.25, -0.2) is 8.42 Å². The molecule has 0 amide bonds. The fourth-order valence-corrected chi connectivity index (χ4v) is 3.98. The largest absolute Gasteiger partial charge is 0.279 e. The van der Waals surface area contributed by atoms with Crippen LogP contribution in [-0.4, -0.2) is 8.42 Å². The van der Waals surface area contributed by atoms with Crippen LogP contribution in [0.15, 0.2) is 47.4 Å². The maximum atomic E-state index is 12.2. The van der Waals surface area contributed by atoms with Gasteiger partial charge in [0.2, 0.25) is 0 Å². The molecule has 0 radical (unpaired) electrons. The fraction of sp³-hybridized carbons (Fsp3) is 0. The van der Waals surface area contributed by atoms with Gasteiger partial charge in [0.15, 0.2) is 0 Å². The summed E-state index contributed by atoms with van der Waals surface area (Å²) < 4.78 is 27.6. The van der Waals surface area contributed by atoms with E-state index in [1.165, 1.54) is 12.1 Å². The van der Waals surface area contributed by atoms with Crippen LogP contribution in [0.5, 0.6) is 0 Å². The van der Waals surface area contributed by atoms with Crippen LogP contribution in [0.25, 0.3) is 0 Å². The highest BCUT2D eigenvalue weighted by atomic mass is 127. The van der Waals surface area contributed by atoms with Crippen LogP contribution in [0.3, 0.4) is 0 Å². The summed E-state index contributed by atoms with van der Waals surface area (Å²) in [6, 6.07) is 11.0. The Morgan fingerprint density at radius 2 is 1.68 bits per heavy atom. The summed E-state index contributed by atoms with van der Waals surface area (Å²) in [4.78, 5) is 0.116. The third-order valence-electron chi connectivity index (χ3n) is 2.28. The standard InChI is InChI=1S/C12H8Cl2INO2S/c13-8-2-1-3-10(6-8)19(17,18)16-12-5-4-9(14)7-11(12)15/h1-7,16H. The van der Waals surface area contributed by atoms with Crippen molar-refractivity contribution >= 4 is 61.5 Å². The predicted octanol–water partition coefficient (Wildman–Crippen LogP) is 4.40. The number of halogens is 3. The van der Waals surface area contributed by atoms with E-state index in [4.69, 9.17) is 23.2 Å². The molecule has 100 valence electrons. The van der Waals surface area contributed by atoms with Crippen molar-refractivity contribution in [3.63, 3.8) is 0 Å². The lowest BCUT2D eigenvalue weighted by molar-refractivity contribution is 0.601. The van der Waals surface area contributed by atoms with Crippen molar-refractivity contribution in [2.75, 3.05) is 4.72 Å². The Labute approximate surface area is 135 Å². The van der Waals surface area contributed by atoms with Crippen molar-refractivity contribution in [2.45, 2.75) is 4.90 Å². The first kappa shape index (κ1) is 14.9. The third kappa shape index (κ3) is 3.75. The van der Waals surface area contributed by atoms with Crippen LogP contribution in [0.1, 0.15) is 0 Å². The number of benzene rings is 2. The zero-order valence-electron chi connectivity index (χ0n) is 9.40. The molecule has 0 unspecified atom stereocenters. The topological polar surface area (TPSA) is 46.2 Å². The first-order valence-electron chi connectivity index (χ1n) is 5.12. The maximum absolute atomic E-state index is 12.2. The number of anilines is 1. The minimum Gasteiger partial charge on any atom is -0.279 e. The van der Waals surface area contributed by atoms with Gasteiger partial charge in [0.1, 0.15) is 0 Å². The quantitative estimate of drug-likeness (QED) is 0.738. The average Bonchev–Trinajstić information content (AvgIpc) is 2.33. The molecule has 2 aromatic carbocycles. The molecule has 0 spiro atoms. The second-order valence-electron chi connectivity index (χ2n) is 3.69. The molecule has 3 nitrogen and oxygen atoms in total.